The van der Waals surface area contributed by atoms with E-state index in [1.165, 1.54) is 4.90 Å². The maximum Gasteiger partial charge on any atom is 0.344 e. The van der Waals surface area contributed by atoms with Crippen molar-refractivity contribution >= 4 is 35.0 Å². The Bertz CT molecular complexity index is 1050. The Balaban J connectivity index is 1.81. The number of amides is 2. The van der Waals surface area contributed by atoms with Crippen LogP contribution in [0.1, 0.15) is 37.0 Å². The normalized spacial score (nSPS) is 15.8. The smallest absolute Gasteiger partial charge is 0.344 e. The summed E-state index contributed by atoms with van der Waals surface area (Å²) in [5.41, 5.74) is 2.63. The number of carboxylic acids is 1. The number of rotatable bonds is 9. The Morgan fingerprint density at radius 3 is 2.47 bits per heavy atom. The van der Waals surface area contributed by atoms with Crippen molar-refractivity contribution in [3.05, 3.63) is 64.1 Å². The van der Waals surface area contributed by atoms with E-state index in [9.17, 15) is 19.5 Å². The number of nitrogens with zero attached hydrogens (tertiary/aromatic N) is 1. The second kappa shape index (κ2) is 10.4. The molecule has 1 aliphatic heterocycles. The van der Waals surface area contributed by atoms with Gasteiger partial charge in [-0.1, -0.05) is 42.8 Å². The molecule has 7 nitrogen and oxygen atoms in total. The lowest BCUT2D eigenvalue weighted by Crippen LogP contribution is -2.27. The Kier molecular flexibility index (Phi) is 7.58. The molecule has 1 heterocycles. The highest BCUT2D eigenvalue weighted by Gasteiger charge is 2.35. The van der Waals surface area contributed by atoms with E-state index in [1.54, 1.807) is 38.1 Å². The number of carbonyl (C=O) groups is 3. The number of thioether (sulfide) groups is 1. The number of aliphatic carboxylic acids is 1. The summed E-state index contributed by atoms with van der Waals surface area (Å²) in [5.74, 6) is -0.720. The highest BCUT2D eigenvalue weighted by molar-refractivity contribution is 8.18. The van der Waals surface area contributed by atoms with E-state index in [-0.39, 0.29) is 17.7 Å². The Labute approximate surface area is 191 Å². The number of ether oxygens (including phenoxy) is 2. The average Bonchev–Trinajstić information content (AvgIpc) is 3.02. The van der Waals surface area contributed by atoms with Gasteiger partial charge in [0.25, 0.3) is 11.1 Å². The molecule has 3 rings (SSSR count). The van der Waals surface area contributed by atoms with Gasteiger partial charge < -0.3 is 14.6 Å². The van der Waals surface area contributed by atoms with Gasteiger partial charge in [-0.2, -0.15) is 0 Å². The molecule has 2 aromatic rings. The summed E-state index contributed by atoms with van der Waals surface area (Å²) in [6.45, 7) is 6.08. The van der Waals surface area contributed by atoms with Gasteiger partial charge in [0.2, 0.25) is 0 Å². The molecule has 1 aliphatic rings. The van der Waals surface area contributed by atoms with Gasteiger partial charge in [0.05, 0.1) is 18.1 Å². The molecule has 0 aromatic heterocycles. The first-order chi connectivity index (χ1) is 15.3. The molecule has 168 valence electrons. The molecule has 1 saturated heterocycles. The van der Waals surface area contributed by atoms with Crippen molar-refractivity contribution in [2.75, 3.05) is 6.61 Å². The van der Waals surface area contributed by atoms with E-state index in [0.29, 0.717) is 35.0 Å². The zero-order valence-corrected chi connectivity index (χ0v) is 19.0. The third kappa shape index (κ3) is 5.50. The second-order valence-corrected chi connectivity index (χ2v) is 8.24. The number of carboxylic acid groups (broad SMARTS) is 1. The van der Waals surface area contributed by atoms with Gasteiger partial charge >= 0.3 is 5.97 Å². The van der Waals surface area contributed by atoms with Crippen LogP contribution in [-0.2, 0) is 16.1 Å². The quantitative estimate of drug-likeness (QED) is 0.539. The lowest BCUT2D eigenvalue weighted by Gasteiger charge is -2.17. The summed E-state index contributed by atoms with van der Waals surface area (Å²) in [5, 5.41) is 8.93. The zero-order chi connectivity index (χ0) is 23.3. The second-order valence-electron chi connectivity index (χ2n) is 7.25. The molecule has 0 radical (unpaired) electrons. The fourth-order valence-corrected chi connectivity index (χ4v) is 3.94. The lowest BCUT2D eigenvalue weighted by molar-refractivity contribution is -0.145. The molecule has 0 aliphatic carbocycles. The van der Waals surface area contributed by atoms with E-state index in [2.05, 4.69) is 0 Å². The standard InChI is InChI=1S/C24H25NO6S/c1-4-18(23(27)28)31-19-11-10-17(12-20(19)30-5-2)13-21-22(26)25(24(29)32-21)14-16-8-6-15(3)7-9-16/h6-13,18H,4-5,14H2,1-3H3,(H,27,28)/b21-13+. The van der Waals surface area contributed by atoms with Crippen molar-refractivity contribution in [2.45, 2.75) is 39.8 Å². The molecule has 8 heteroatoms. The van der Waals surface area contributed by atoms with Crippen molar-refractivity contribution in [3.63, 3.8) is 0 Å². The van der Waals surface area contributed by atoms with E-state index in [0.717, 1.165) is 22.9 Å². The third-order valence-electron chi connectivity index (χ3n) is 4.82. The Morgan fingerprint density at radius 1 is 1.12 bits per heavy atom. The molecule has 0 spiro atoms. The minimum absolute atomic E-state index is 0.215. The van der Waals surface area contributed by atoms with E-state index in [4.69, 9.17) is 9.47 Å². The van der Waals surface area contributed by atoms with Crippen molar-refractivity contribution in [3.8, 4) is 11.5 Å². The lowest BCUT2D eigenvalue weighted by atomic mass is 10.1. The van der Waals surface area contributed by atoms with Gasteiger partial charge in [0.1, 0.15) is 0 Å². The maximum atomic E-state index is 12.8. The molecule has 1 N–H and O–H groups in total. The minimum Gasteiger partial charge on any atom is -0.490 e. The molecule has 32 heavy (non-hydrogen) atoms. The van der Waals surface area contributed by atoms with Crippen LogP contribution in [0.25, 0.3) is 6.08 Å². The Hall–Kier alpha value is -3.26. The predicted octanol–water partition coefficient (Wildman–Crippen LogP) is 4.87. The van der Waals surface area contributed by atoms with Crippen LogP contribution in [0.2, 0.25) is 0 Å². The first-order valence-electron chi connectivity index (χ1n) is 10.3. The van der Waals surface area contributed by atoms with Crippen LogP contribution in [0.5, 0.6) is 11.5 Å². The van der Waals surface area contributed by atoms with Crippen molar-refractivity contribution in [1.82, 2.24) is 4.90 Å². The van der Waals surface area contributed by atoms with E-state index in [1.807, 2.05) is 31.2 Å². The molecular formula is C24H25NO6S. The van der Waals surface area contributed by atoms with Gasteiger partial charge in [-0.3, -0.25) is 14.5 Å². The number of hydrogen-bond acceptors (Lipinski definition) is 6. The number of aryl methyl sites for hydroxylation is 1. The summed E-state index contributed by atoms with van der Waals surface area (Å²) >= 11 is 0.889. The van der Waals surface area contributed by atoms with Crippen LogP contribution < -0.4 is 9.47 Å². The van der Waals surface area contributed by atoms with E-state index >= 15 is 0 Å². The number of hydrogen-bond donors (Lipinski definition) is 1. The summed E-state index contributed by atoms with van der Waals surface area (Å²) in [6, 6.07) is 12.7. The summed E-state index contributed by atoms with van der Waals surface area (Å²) in [6.07, 6.45) is 0.941. The molecular weight excluding hydrogens is 430 g/mol. The van der Waals surface area contributed by atoms with Crippen LogP contribution in [0, 0.1) is 6.92 Å². The SMILES string of the molecule is CCOc1cc(/C=C2/SC(=O)N(Cc3ccc(C)cc3)C2=O)ccc1OC(CC)C(=O)O. The van der Waals surface area contributed by atoms with Gasteiger partial charge in [-0.25, -0.2) is 4.79 Å². The number of benzene rings is 2. The minimum atomic E-state index is -1.05. The van der Waals surface area contributed by atoms with Crippen LogP contribution in [-0.4, -0.2) is 39.8 Å². The third-order valence-corrected chi connectivity index (χ3v) is 5.72. The van der Waals surface area contributed by atoms with Crippen LogP contribution >= 0.6 is 11.8 Å². The van der Waals surface area contributed by atoms with Crippen LogP contribution in [0.15, 0.2) is 47.4 Å². The van der Waals surface area contributed by atoms with Gasteiger partial charge in [-0.15, -0.1) is 0 Å². The molecule has 2 aromatic carbocycles. The average molecular weight is 456 g/mol. The fourth-order valence-electron chi connectivity index (χ4n) is 3.11. The maximum absolute atomic E-state index is 12.8. The number of imide groups is 1. The fraction of sp³-hybridized carbons (Fsp3) is 0.292. The predicted molar refractivity (Wildman–Crippen MR) is 123 cm³/mol. The van der Waals surface area contributed by atoms with Crippen molar-refractivity contribution in [2.24, 2.45) is 0 Å². The first-order valence-corrected chi connectivity index (χ1v) is 11.1. The molecule has 1 fully saturated rings. The van der Waals surface area contributed by atoms with Crippen LogP contribution in [0.4, 0.5) is 4.79 Å². The zero-order valence-electron chi connectivity index (χ0n) is 18.2. The van der Waals surface area contributed by atoms with Crippen LogP contribution in [0.3, 0.4) is 0 Å². The molecule has 1 atom stereocenters. The summed E-state index contributed by atoms with van der Waals surface area (Å²) in [4.78, 5) is 38.1. The molecule has 0 saturated carbocycles. The van der Waals surface area contributed by atoms with E-state index < -0.39 is 12.1 Å². The van der Waals surface area contributed by atoms with Gasteiger partial charge in [0.15, 0.2) is 17.6 Å². The van der Waals surface area contributed by atoms with Crippen molar-refractivity contribution < 1.29 is 29.0 Å². The van der Waals surface area contributed by atoms with Gasteiger partial charge in [-0.05, 0) is 61.4 Å². The first kappa shape index (κ1) is 23.4. The number of carbonyl (C=O) groups excluding carboxylic acids is 2. The molecule has 0 bridgehead atoms. The molecule has 1 unspecified atom stereocenters. The summed E-state index contributed by atoms with van der Waals surface area (Å²) < 4.78 is 11.2. The largest absolute Gasteiger partial charge is 0.490 e. The van der Waals surface area contributed by atoms with Crippen molar-refractivity contribution in [1.29, 1.82) is 0 Å². The molecule has 2 amide bonds. The topological polar surface area (TPSA) is 93.1 Å². The highest BCUT2D eigenvalue weighted by Crippen LogP contribution is 2.35. The summed E-state index contributed by atoms with van der Waals surface area (Å²) in [7, 11) is 0. The Morgan fingerprint density at radius 2 is 1.84 bits per heavy atom. The van der Waals surface area contributed by atoms with Gasteiger partial charge in [0, 0.05) is 0 Å². The monoisotopic (exact) mass is 455 g/mol. The highest BCUT2D eigenvalue weighted by atomic mass is 32.2.